The van der Waals surface area contributed by atoms with Crippen LogP contribution in [0.25, 0.3) is 0 Å². The van der Waals surface area contributed by atoms with Gasteiger partial charge in [-0.05, 0) is 54.1 Å². The van der Waals surface area contributed by atoms with E-state index in [1.165, 1.54) is 0 Å². The van der Waals surface area contributed by atoms with Crippen LogP contribution in [0.2, 0.25) is 5.02 Å². The van der Waals surface area contributed by atoms with E-state index in [0.29, 0.717) is 10.6 Å². The Morgan fingerprint density at radius 2 is 1.86 bits per heavy atom. The molecule has 0 bridgehead atoms. The molecule has 0 amide bonds. The molecule has 0 aliphatic carbocycles. The van der Waals surface area contributed by atoms with Gasteiger partial charge in [0.05, 0.1) is 24.4 Å². The summed E-state index contributed by atoms with van der Waals surface area (Å²) < 4.78 is 11.5. The van der Waals surface area contributed by atoms with Gasteiger partial charge >= 0.3 is 0 Å². The number of hydrogen-bond donors (Lipinski definition) is 1. The first-order chi connectivity index (χ1) is 14.1. The minimum atomic E-state index is -0.565. The number of hydrazone groups is 1. The largest absolute Gasteiger partial charge is 0.507 e. The van der Waals surface area contributed by atoms with Gasteiger partial charge in [0.1, 0.15) is 17.2 Å². The third kappa shape index (κ3) is 3.08. The molecule has 5 rings (SSSR count). The Kier molecular flexibility index (Phi) is 4.32. The number of aromatic hydroxyl groups is 1. The van der Waals surface area contributed by atoms with Crippen molar-refractivity contribution in [3.8, 4) is 17.2 Å². The highest BCUT2D eigenvalue weighted by Crippen LogP contribution is 2.48. The van der Waals surface area contributed by atoms with Crippen LogP contribution in [-0.4, -0.2) is 22.9 Å². The number of rotatable bonds is 3. The van der Waals surface area contributed by atoms with Crippen molar-refractivity contribution >= 4 is 17.3 Å². The molecule has 3 aromatic rings. The third-order valence-corrected chi connectivity index (χ3v) is 5.61. The van der Waals surface area contributed by atoms with Crippen molar-refractivity contribution in [2.45, 2.75) is 18.7 Å². The number of halogens is 1. The van der Waals surface area contributed by atoms with Gasteiger partial charge in [0, 0.05) is 17.0 Å². The zero-order valence-corrected chi connectivity index (χ0v) is 16.5. The lowest BCUT2D eigenvalue weighted by Gasteiger charge is -2.38. The molecule has 29 heavy (non-hydrogen) atoms. The standard InChI is InChI=1S/C23H19ClN2O3/c1-28-16-9-6-14(7-10-16)19-13-20-17-4-2-3-5-22(17)29-23(26(20)25-19)18-12-15(24)8-11-21(18)27/h2-12,20,23,27H,13H2,1H3/t20-,23-/m0/s1. The minimum absolute atomic E-state index is 0.0143. The van der Waals surface area contributed by atoms with Gasteiger partial charge in [0.25, 0.3) is 0 Å². The van der Waals surface area contributed by atoms with E-state index in [1.807, 2.05) is 47.5 Å². The monoisotopic (exact) mass is 406 g/mol. The van der Waals surface area contributed by atoms with E-state index in [0.717, 1.165) is 34.8 Å². The van der Waals surface area contributed by atoms with E-state index in [-0.39, 0.29) is 11.8 Å². The van der Waals surface area contributed by atoms with E-state index in [9.17, 15) is 5.11 Å². The lowest BCUT2D eigenvalue weighted by molar-refractivity contribution is -0.0203. The summed E-state index contributed by atoms with van der Waals surface area (Å²) in [5, 5.41) is 17.8. The Morgan fingerprint density at radius 1 is 1.07 bits per heavy atom. The predicted molar refractivity (Wildman–Crippen MR) is 112 cm³/mol. The Hall–Kier alpha value is -3.18. The molecule has 0 fully saturated rings. The molecule has 0 aromatic heterocycles. The molecular formula is C23H19ClN2O3. The number of phenolic OH excluding ortho intramolecular Hbond substituents is 1. The van der Waals surface area contributed by atoms with Gasteiger partial charge in [-0.3, -0.25) is 0 Å². The zero-order valence-electron chi connectivity index (χ0n) is 15.7. The number of para-hydroxylation sites is 1. The highest BCUT2D eigenvalue weighted by Gasteiger charge is 2.41. The molecule has 146 valence electrons. The lowest BCUT2D eigenvalue weighted by atomic mass is 9.96. The predicted octanol–water partition coefficient (Wildman–Crippen LogP) is 5.30. The molecule has 2 aliphatic heterocycles. The molecule has 1 N–H and O–H groups in total. The first kappa shape index (κ1) is 17.9. The SMILES string of the molecule is COc1ccc(C2=NN3[C@@H](C2)c2ccccc2O[C@H]3c2cc(Cl)ccc2O)cc1. The average molecular weight is 407 g/mol. The van der Waals surface area contributed by atoms with Crippen LogP contribution >= 0.6 is 11.6 Å². The maximum atomic E-state index is 10.5. The van der Waals surface area contributed by atoms with Gasteiger partial charge in [-0.15, -0.1) is 0 Å². The van der Waals surface area contributed by atoms with Crippen molar-refractivity contribution in [2.75, 3.05) is 7.11 Å². The summed E-state index contributed by atoms with van der Waals surface area (Å²) >= 11 is 6.20. The maximum Gasteiger partial charge on any atom is 0.217 e. The van der Waals surface area contributed by atoms with Crippen molar-refractivity contribution in [3.63, 3.8) is 0 Å². The molecule has 2 heterocycles. The highest BCUT2D eigenvalue weighted by molar-refractivity contribution is 6.30. The molecule has 0 saturated carbocycles. The normalized spacial score (nSPS) is 19.8. The zero-order chi connectivity index (χ0) is 20.0. The number of benzene rings is 3. The molecular weight excluding hydrogens is 388 g/mol. The van der Waals surface area contributed by atoms with Gasteiger partial charge in [0.2, 0.25) is 6.23 Å². The molecule has 5 nitrogen and oxygen atoms in total. The number of fused-ring (bicyclic) bond motifs is 3. The van der Waals surface area contributed by atoms with Gasteiger partial charge in [-0.2, -0.15) is 5.10 Å². The van der Waals surface area contributed by atoms with Crippen molar-refractivity contribution in [3.05, 3.63) is 88.4 Å². The van der Waals surface area contributed by atoms with Gasteiger partial charge in [-0.1, -0.05) is 29.8 Å². The molecule has 0 unspecified atom stereocenters. The van der Waals surface area contributed by atoms with E-state index < -0.39 is 6.23 Å². The summed E-state index contributed by atoms with van der Waals surface area (Å²) in [6, 6.07) is 20.8. The molecule has 0 spiro atoms. The van der Waals surface area contributed by atoms with Gasteiger partial charge < -0.3 is 14.6 Å². The molecule has 6 heteroatoms. The van der Waals surface area contributed by atoms with Crippen LogP contribution in [0.15, 0.2) is 71.8 Å². The van der Waals surface area contributed by atoms with Crippen LogP contribution in [0.3, 0.4) is 0 Å². The van der Waals surface area contributed by atoms with Crippen LogP contribution < -0.4 is 9.47 Å². The van der Waals surface area contributed by atoms with Crippen molar-refractivity contribution < 1.29 is 14.6 Å². The summed E-state index contributed by atoms with van der Waals surface area (Å²) in [5.41, 5.74) is 3.67. The number of nitrogens with zero attached hydrogens (tertiary/aromatic N) is 2. The lowest BCUT2D eigenvalue weighted by Crippen LogP contribution is -2.33. The summed E-state index contributed by atoms with van der Waals surface area (Å²) in [6.45, 7) is 0. The van der Waals surface area contributed by atoms with Gasteiger partial charge in [0.15, 0.2) is 0 Å². The molecule has 0 radical (unpaired) electrons. The second kappa shape index (κ2) is 7.01. The Balaban J connectivity index is 1.59. The first-order valence-corrected chi connectivity index (χ1v) is 9.76. The first-order valence-electron chi connectivity index (χ1n) is 9.38. The van der Waals surface area contributed by atoms with Crippen molar-refractivity contribution in [1.29, 1.82) is 0 Å². The van der Waals surface area contributed by atoms with Crippen LogP contribution in [0, 0.1) is 0 Å². The quantitative estimate of drug-likeness (QED) is 0.641. The van der Waals surface area contributed by atoms with Crippen LogP contribution in [0.4, 0.5) is 0 Å². The Bertz CT molecular complexity index is 1100. The van der Waals surface area contributed by atoms with E-state index >= 15 is 0 Å². The number of ether oxygens (including phenoxy) is 2. The highest BCUT2D eigenvalue weighted by atomic mass is 35.5. The summed E-state index contributed by atoms with van der Waals surface area (Å²) in [6.07, 6.45) is 0.175. The molecule has 2 aliphatic rings. The van der Waals surface area contributed by atoms with Crippen LogP contribution in [-0.2, 0) is 0 Å². The average Bonchev–Trinajstić information content (AvgIpc) is 3.21. The summed E-state index contributed by atoms with van der Waals surface area (Å²) in [4.78, 5) is 0. The fraction of sp³-hybridized carbons (Fsp3) is 0.174. The number of methoxy groups -OCH3 is 1. The third-order valence-electron chi connectivity index (χ3n) is 5.38. The number of phenols is 1. The topological polar surface area (TPSA) is 54.3 Å². The Labute approximate surface area is 173 Å². The van der Waals surface area contributed by atoms with Crippen molar-refractivity contribution in [1.82, 2.24) is 5.01 Å². The fourth-order valence-corrected chi connectivity index (χ4v) is 4.10. The number of hydrogen-bond acceptors (Lipinski definition) is 5. The Morgan fingerprint density at radius 3 is 2.66 bits per heavy atom. The van der Waals surface area contributed by atoms with E-state index in [2.05, 4.69) is 6.07 Å². The molecule has 0 saturated heterocycles. The summed E-state index contributed by atoms with van der Waals surface area (Å²) in [5.74, 6) is 1.73. The van der Waals surface area contributed by atoms with Crippen LogP contribution in [0.5, 0.6) is 17.2 Å². The maximum absolute atomic E-state index is 10.5. The molecule has 2 atom stereocenters. The second-order valence-electron chi connectivity index (χ2n) is 7.09. The molecule has 3 aromatic carbocycles. The summed E-state index contributed by atoms with van der Waals surface area (Å²) in [7, 11) is 1.65. The van der Waals surface area contributed by atoms with Gasteiger partial charge in [-0.25, -0.2) is 5.01 Å². The van der Waals surface area contributed by atoms with E-state index in [1.54, 1.807) is 25.3 Å². The minimum Gasteiger partial charge on any atom is -0.507 e. The fourth-order valence-electron chi connectivity index (χ4n) is 3.92. The van der Waals surface area contributed by atoms with Crippen LogP contribution in [0.1, 0.15) is 35.4 Å². The van der Waals surface area contributed by atoms with E-state index in [4.69, 9.17) is 26.2 Å². The smallest absolute Gasteiger partial charge is 0.217 e. The second-order valence-corrected chi connectivity index (χ2v) is 7.52. The van der Waals surface area contributed by atoms with Crippen molar-refractivity contribution in [2.24, 2.45) is 5.10 Å².